The topological polar surface area (TPSA) is 94.2 Å². The lowest BCUT2D eigenvalue weighted by atomic mass is 10.2. The van der Waals surface area contributed by atoms with Crippen molar-refractivity contribution in [1.29, 1.82) is 0 Å². The number of sulfonamides is 1. The van der Waals surface area contributed by atoms with Crippen molar-refractivity contribution in [2.24, 2.45) is 0 Å². The molecule has 9 heteroatoms. The zero-order valence-corrected chi connectivity index (χ0v) is 20.0. The average Bonchev–Trinajstić information content (AvgIpc) is 3.35. The van der Waals surface area contributed by atoms with Gasteiger partial charge < -0.3 is 19.5 Å². The summed E-state index contributed by atoms with van der Waals surface area (Å²) < 4.78 is 44.2. The Kier molecular flexibility index (Phi) is 8.35. The lowest BCUT2D eigenvalue weighted by Gasteiger charge is -2.19. The van der Waals surface area contributed by atoms with Crippen LogP contribution in [0.25, 0.3) is 6.08 Å². The van der Waals surface area contributed by atoms with E-state index in [-0.39, 0.29) is 17.3 Å². The van der Waals surface area contributed by atoms with Crippen molar-refractivity contribution in [2.45, 2.75) is 31.6 Å². The van der Waals surface area contributed by atoms with E-state index in [2.05, 4.69) is 5.32 Å². The molecule has 1 N–H and O–H groups in total. The first-order chi connectivity index (χ1) is 15.9. The van der Waals surface area contributed by atoms with Crippen LogP contribution >= 0.6 is 0 Å². The van der Waals surface area contributed by atoms with Crippen LogP contribution in [0.4, 0.5) is 5.69 Å². The molecular weight excluding hydrogens is 444 g/mol. The lowest BCUT2D eigenvalue weighted by Crippen LogP contribution is -2.28. The van der Waals surface area contributed by atoms with Crippen molar-refractivity contribution >= 4 is 27.7 Å². The number of ether oxygens (including phenoxy) is 3. The van der Waals surface area contributed by atoms with Gasteiger partial charge in [-0.1, -0.05) is 18.2 Å². The van der Waals surface area contributed by atoms with E-state index in [0.29, 0.717) is 36.9 Å². The number of allylic oxidation sites excluding steroid dienone is 1. The molecule has 2 aromatic rings. The van der Waals surface area contributed by atoms with Crippen LogP contribution in [0, 0.1) is 0 Å². The molecule has 178 valence electrons. The zero-order valence-electron chi connectivity index (χ0n) is 19.2. The first-order valence-electron chi connectivity index (χ1n) is 10.9. The Bertz CT molecular complexity index is 1110. The smallest absolute Gasteiger partial charge is 0.262 e. The summed E-state index contributed by atoms with van der Waals surface area (Å²) in [6.07, 6.45) is 5.50. The highest BCUT2D eigenvalue weighted by Gasteiger charge is 2.30. The monoisotopic (exact) mass is 474 g/mol. The Balaban J connectivity index is 1.73. The Morgan fingerprint density at radius 2 is 1.79 bits per heavy atom. The van der Waals surface area contributed by atoms with Crippen molar-refractivity contribution in [3.05, 3.63) is 48.0 Å². The lowest BCUT2D eigenvalue weighted by molar-refractivity contribution is -0.118. The van der Waals surface area contributed by atoms with E-state index in [0.717, 1.165) is 18.4 Å². The van der Waals surface area contributed by atoms with Crippen molar-refractivity contribution in [3.8, 4) is 17.2 Å². The number of anilines is 1. The third-order valence-electron chi connectivity index (χ3n) is 5.12. The molecule has 0 bridgehead atoms. The number of hydrogen-bond acceptors (Lipinski definition) is 6. The van der Waals surface area contributed by atoms with Gasteiger partial charge in [0.05, 0.1) is 13.7 Å². The minimum Gasteiger partial charge on any atom is -0.493 e. The van der Waals surface area contributed by atoms with Crippen molar-refractivity contribution < 1.29 is 27.4 Å². The summed E-state index contributed by atoms with van der Waals surface area (Å²) in [6, 6.07) is 10.0. The second-order valence-electron chi connectivity index (χ2n) is 7.45. The molecule has 0 atom stereocenters. The van der Waals surface area contributed by atoms with E-state index in [1.807, 2.05) is 31.2 Å². The molecule has 33 heavy (non-hydrogen) atoms. The predicted molar refractivity (Wildman–Crippen MR) is 127 cm³/mol. The Hall–Kier alpha value is -3.04. The normalized spacial score (nSPS) is 14.4. The van der Waals surface area contributed by atoms with Crippen molar-refractivity contribution in [2.75, 3.05) is 38.7 Å². The number of benzene rings is 2. The Morgan fingerprint density at radius 1 is 1.06 bits per heavy atom. The molecule has 0 aromatic heterocycles. The molecule has 0 spiro atoms. The molecule has 0 radical (unpaired) electrons. The highest BCUT2D eigenvalue weighted by Crippen LogP contribution is 2.32. The predicted octanol–water partition coefficient (Wildman–Crippen LogP) is 3.93. The molecule has 3 rings (SSSR count). The number of nitrogens with zero attached hydrogens (tertiary/aromatic N) is 1. The van der Waals surface area contributed by atoms with E-state index in [9.17, 15) is 13.2 Å². The molecule has 8 nitrogen and oxygen atoms in total. The molecule has 1 aliphatic heterocycles. The first kappa shape index (κ1) is 24.6. The van der Waals surface area contributed by atoms with Gasteiger partial charge in [0.25, 0.3) is 5.91 Å². The molecule has 1 heterocycles. The van der Waals surface area contributed by atoms with E-state index in [1.165, 1.54) is 17.5 Å². The van der Waals surface area contributed by atoms with E-state index in [1.54, 1.807) is 25.1 Å². The van der Waals surface area contributed by atoms with E-state index in [4.69, 9.17) is 14.2 Å². The SMILES string of the molecule is CC=Cc1ccc(OCC(=O)Nc2ccc(OCC)c(S(=O)(=O)N3CCCC3)c2)c(OC)c1. The summed E-state index contributed by atoms with van der Waals surface area (Å²) in [5.41, 5.74) is 1.30. The molecule has 1 amide bonds. The molecule has 2 aromatic carbocycles. The van der Waals surface area contributed by atoms with Crippen LogP contribution in [0.5, 0.6) is 17.2 Å². The van der Waals surface area contributed by atoms with Gasteiger partial charge in [-0.3, -0.25) is 4.79 Å². The van der Waals surface area contributed by atoms with Crippen LogP contribution in [0.1, 0.15) is 32.3 Å². The van der Waals surface area contributed by atoms with Gasteiger partial charge in [0, 0.05) is 18.8 Å². The maximum atomic E-state index is 13.1. The third-order valence-corrected chi connectivity index (χ3v) is 7.04. The van der Waals surface area contributed by atoms with Crippen LogP contribution < -0.4 is 19.5 Å². The Labute approximate surface area is 195 Å². The zero-order chi connectivity index (χ0) is 23.8. The van der Waals surface area contributed by atoms with Gasteiger partial charge in [-0.05, 0) is 62.6 Å². The number of methoxy groups -OCH3 is 1. The fourth-order valence-electron chi connectivity index (χ4n) is 3.57. The second kappa shape index (κ2) is 11.2. The third kappa shape index (κ3) is 6.06. The summed E-state index contributed by atoms with van der Waals surface area (Å²) in [5, 5.41) is 2.70. The molecule has 1 aliphatic rings. The fraction of sp³-hybridized carbons (Fsp3) is 0.375. The maximum absolute atomic E-state index is 13.1. The number of carbonyl (C=O) groups is 1. The highest BCUT2D eigenvalue weighted by atomic mass is 32.2. The first-order valence-corrected chi connectivity index (χ1v) is 12.3. The van der Waals surface area contributed by atoms with Crippen molar-refractivity contribution in [3.63, 3.8) is 0 Å². The molecule has 0 unspecified atom stereocenters. The molecule has 1 fully saturated rings. The maximum Gasteiger partial charge on any atom is 0.262 e. The summed E-state index contributed by atoms with van der Waals surface area (Å²) in [4.78, 5) is 12.6. The fourth-order valence-corrected chi connectivity index (χ4v) is 5.24. The largest absolute Gasteiger partial charge is 0.493 e. The number of carbonyl (C=O) groups excluding carboxylic acids is 1. The summed E-state index contributed by atoms with van der Waals surface area (Å²) in [6.45, 7) is 4.74. The number of rotatable bonds is 10. The summed E-state index contributed by atoms with van der Waals surface area (Å²) >= 11 is 0. The van der Waals surface area contributed by atoms with Gasteiger partial charge in [0.15, 0.2) is 18.1 Å². The number of amides is 1. The van der Waals surface area contributed by atoms with Crippen LogP contribution in [-0.4, -0.2) is 52.0 Å². The minimum atomic E-state index is -3.72. The van der Waals surface area contributed by atoms with E-state index < -0.39 is 15.9 Å². The molecule has 1 saturated heterocycles. The van der Waals surface area contributed by atoms with Gasteiger partial charge in [0.1, 0.15) is 10.6 Å². The van der Waals surface area contributed by atoms with E-state index >= 15 is 0 Å². The summed E-state index contributed by atoms with van der Waals surface area (Å²) in [5.74, 6) is 0.788. The van der Waals surface area contributed by atoms with Gasteiger partial charge in [-0.25, -0.2) is 8.42 Å². The quantitative estimate of drug-likeness (QED) is 0.561. The van der Waals surface area contributed by atoms with Gasteiger partial charge in [0.2, 0.25) is 10.0 Å². The van der Waals surface area contributed by atoms with Gasteiger partial charge in [-0.15, -0.1) is 0 Å². The van der Waals surface area contributed by atoms with Crippen LogP contribution in [0.15, 0.2) is 47.4 Å². The number of hydrogen-bond donors (Lipinski definition) is 1. The second-order valence-corrected chi connectivity index (χ2v) is 9.36. The molecule has 0 saturated carbocycles. The van der Waals surface area contributed by atoms with Crippen LogP contribution in [-0.2, 0) is 14.8 Å². The molecule has 0 aliphatic carbocycles. The minimum absolute atomic E-state index is 0.0474. The van der Waals surface area contributed by atoms with Crippen molar-refractivity contribution in [1.82, 2.24) is 4.31 Å². The van der Waals surface area contributed by atoms with Crippen LogP contribution in [0.2, 0.25) is 0 Å². The van der Waals surface area contributed by atoms with Gasteiger partial charge in [-0.2, -0.15) is 4.31 Å². The average molecular weight is 475 g/mol. The number of nitrogens with one attached hydrogen (secondary N) is 1. The molecular formula is C24H30N2O6S. The van der Waals surface area contributed by atoms with Gasteiger partial charge >= 0.3 is 0 Å². The summed E-state index contributed by atoms with van der Waals surface area (Å²) in [7, 11) is -2.19. The Morgan fingerprint density at radius 3 is 2.45 bits per heavy atom. The highest BCUT2D eigenvalue weighted by molar-refractivity contribution is 7.89. The van der Waals surface area contributed by atoms with Crippen LogP contribution in [0.3, 0.4) is 0 Å². The standard InChI is InChI=1S/C24H30N2O6S/c1-4-8-18-9-11-20(22(15-18)30-3)32-17-24(27)25-19-10-12-21(31-5-2)23(16-19)33(28,29)26-13-6-7-14-26/h4,8-12,15-16H,5-7,13-14,17H2,1-3H3,(H,25,27).